The van der Waals surface area contributed by atoms with E-state index in [1.54, 1.807) is 0 Å². The van der Waals surface area contributed by atoms with Crippen LogP contribution in [-0.2, 0) is 4.84 Å². The summed E-state index contributed by atoms with van der Waals surface area (Å²) in [7, 11) is 0. The van der Waals surface area contributed by atoms with E-state index in [2.05, 4.69) is 10.2 Å². The summed E-state index contributed by atoms with van der Waals surface area (Å²) < 4.78 is 39.6. The van der Waals surface area contributed by atoms with Crippen molar-refractivity contribution < 1.29 is 22.7 Å². The van der Waals surface area contributed by atoms with E-state index >= 15 is 0 Å². The van der Waals surface area contributed by atoms with Crippen LogP contribution >= 0.6 is 11.6 Å². The van der Waals surface area contributed by atoms with Gasteiger partial charge in [0.15, 0.2) is 0 Å². The highest BCUT2D eigenvalue weighted by atomic mass is 35.5. The van der Waals surface area contributed by atoms with Crippen molar-refractivity contribution >= 4 is 17.3 Å². The van der Waals surface area contributed by atoms with Crippen LogP contribution in [-0.4, -0.2) is 12.2 Å². The number of nitrogens with one attached hydrogen (secondary N) is 1. The Kier molecular flexibility index (Phi) is 3.42. The van der Waals surface area contributed by atoms with Crippen molar-refractivity contribution in [2.24, 2.45) is 0 Å². The number of alkyl halides is 4. The highest BCUT2D eigenvalue weighted by Crippen LogP contribution is 2.26. The maximum Gasteiger partial charge on any atom is 0.573 e. The lowest BCUT2D eigenvalue weighted by Gasteiger charge is -2.17. The van der Waals surface area contributed by atoms with E-state index in [-0.39, 0.29) is 11.6 Å². The predicted molar refractivity (Wildman–Crippen MR) is 58.6 cm³/mol. The van der Waals surface area contributed by atoms with Gasteiger partial charge in [0.25, 0.3) is 0 Å². The molecule has 1 heterocycles. The molecule has 1 aromatic carbocycles. The Balaban J connectivity index is 2.01. The van der Waals surface area contributed by atoms with Gasteiger partial charge in [-0.2, -0.15) is 0 Å². The van der Waals surface area contributed by atoms with E-state index in [1.165, 1.54) is 35.7 Å². The second kappa shape index (κ2) is 4.85. The van der Waals surface area contributed by atoms with Gasteiger partial charge in [0.2, 0.25) is 0 Å². The molecule has 98 valence electrons. The predicted octanol–water partition coefficient (Wildman–Crippen LogP) is 2.92. The number of hydrazine groups is 1. The second-order valence-corrected chi connectivity index (χ2v) is 3.60. The Bertz CT molecular complexity index is 447. The number of nitrogens with zero attached hydrogens (tertiary/aromatic N) is 1. The average Bonchev–Trinajstić information content (AvgIpc) is 2.76. The maximum atomic E-state index is 11.9. The Morgan fingerprint density at radius 2 is 1.94 bits per heavy atom. The summed E-state index contributed by atoms with van der Waals surface area (Å²) in [6.07, 6.45) is -3.29. The van der Waals surface area contributed by atoms with Gasteiger partial charge in [0, 0.05) is 0 Å². The smallest absolute Gasteiger partial charge is 0.406 e. The van der Waals surface area contributed by atoms with Crippen LogP contribution in [0.5, 0.6) is 5.75 Å². The Hall–Kier alpha value is -1.76. The van der Waals surface area contributed by atoms with E-state index in [0.717, 1.165) is 0 Å². The van der Waals surface area contributed by atoms with E-state index in [4.69, 9.17) is 16.4 Å². The molecule has 0 fully saturated rings. The van der Waals surface area contributed by atoms with Gasteiger partial charge in [-0.1, -0.05) is 0 Å². The van der Waals surface area contributed by atoms with Gasteiger partial charge in [-0.3, -0.25) is 5.43 Å². The van der Waals surface area contributed by atoms with Crippen LogP contribution in [0.1, 0.15) is 0 Å². The fourth-order valence-corrected chi connectivity index (χ4v) is 1.39. The number of allylic oxidation sites excluding steroid dienone is 1. The third-order valence-electron chi connectivity index (χ3n) is 1.99. The molecule has 0 aliphatic carbocycles. The first-order valence-electron chi connectivity index (χ1n) is 4.82. The fraction of sp³-hybridized carbons (Fsp3) is 0.200. The topological polar surface area (TPSA) is 33.7 Å². The van der Waals surface area contributed by atoms with Crippen LogP contribution in [0, 0.1) is 0 Å². The maximum absolute atomic E-state index is 11.9. The summed E-state index contributed by atoms with van der Waals surface area (Å²) in [5, 5.41) is 1.27. The number of ether oxygens (including phenoxy) is 1. The highest BCUT2D eigenvalue weighted by molar-refractivity contribution is 6.19. The number of benzene rings is 1. The number of halogens is 4. The minimum absolute atomic E-state index is 0.242. The first-order valence-corrected chi connectivity index (χ1v) is 5.36. The van der Waals surface area contributed by atoms with Crippen LogP contribution in [0.25, 0.3) is 0 Å². The van der Waals surface area contributed by atoms with Crippen LogP contribution < -0.4 is 15.3 Å². The molecule has 2 rings (SSSR count). The molecule has 0 saturated carbocycles. The Labute approximate surface area is 105 Å². The first kappa shape index (κ1) is 12.7. The molecular formula is C10H8ClF3N2O2. The van der Waals surface area contributed by atoms with E-state index in [1.807, 2.05) is 0 Å². The molecule has 1 aliphatic rings. The van der Waals surface area contributed by atoms with Gasteiger partial charge in [-0.25, -0.2) is 0 Å². The lowest BCUT2D eigenvalue weighted by Crippen LogP contribution is -2.30. The Morgan fingerprint density at radius 3 is 2.44 bits per heavy atom. The third-order valence-corrected chi connectivity index (χ3v) is 2.28. The van der Waals surface area contributed by atoms with Crippen molar-refractivity contribution in [1.82, 2.24) is 5.43 Å². The molecule has 0 saturated heterocycles. The number of hydrogen-bond acceptors (Lipinski definition) is 4. The summed E-state index contributed by atoms with van der Waals surface area (Å²) in [5.74, 6) is -0.0536. The molecule has 1 N–H and O–H groups in total. The van der Waals surface area contributed by atoms with Crippen molar-refractivity contribution in [2.45, 2.75) is 6.36 Å². The summed E-state index contributed by atoms with van der Waals surface area (Å²) in [6.45, 7) is 0. The summed E-state index contributed by atoms with van der Waals surface area (Å²) in [5.41, 5.74) is 3.96. The summed E-state index contributed by atoms with van der Waals surface area (Å²) in [6, 6.07) is 5.21. The van der Waals surface area contributed by atoms with Crippen molar-refractivity contribution in [3.05, 3.63) is 36.2 Å². The molecule has 0 aromatic heterocycles. The monoisotopic (exact) mass is 280 g/mol. The van der Waals surface area contributed by atoms with Crippen molar-refractivity contribution in [1.29, 1.82) is 0 Å². The number of anilines is 1. The first-order chi connectivity index (χ1) is 8.48. The van der Waals surface area contributed by atoms with Crippen LogP contribution in [0.15, 0.2) is 36.2 Å². The largest absolute Gasteiger partial charge is 0.573 e. The quantitative estimate of drug-likeness (QED) is 0.863. The lowest BCUT2D eigenvalue weighted by atomic mass is 10.3. The standard InChI is InChI=1S/C10H8ClF3N2O2/c11-5-7-6-17-16(15-7)8-1-3-9(4-2-8)18-10(12,13)14/h1-4,6,15H,5H2. The molecule has 8 heteroatoms. The molecule has 0 spiro atoms. The summed E-state index contributed by atoms with van der Waals surface area (Å²) in [4.78, 5) is 5.10. The molecule has 0 unspecified atom stereocenters. The third kappa shape index (κ3) is 3.13. The molecule has 0 amide bonds. The number of hydrogen-bond donors (Lipinski definition) is 1. The average molecular weight is 281 g/mol. The van der Waals surface area contributed by atoms with Crippen molar-refractivity contribution in [2.75, 3.05) is 11.1 Å². The van der Waals surface area contributed by atoms with Gasteiger partial charge in [-0.15, -0.1) is 29.9 Å². The highest BCUT2D eigenvalue weighted by Gasteiger charge is 2.31. The molecule has 1 aromatic rings. The molecule has 0 radical (unpaired) electrons. The zero-order valence-corrected chi connectivity index (χ0v) is 9.63. The normalized spacial score (nSPS) is 14.9. The van der Waals surface area contributed by atoms with Crippen molar-refractivity contribution in [3.8, 4) is 5.75 Å². The molecule has 18 heavy (non-hydrogen) atoms. The van der Waals surface area contributed by atoms with Crippen molar-refractivity contribution in [3.63, 3.8) is 0 Å². The van der Waals surface area contributed by atoms with Gasteiger partial charge >= 0.3 is 6.36 Å². The zero-order valence-electron chi connectivity index (χ0n) is 8.87. The minimum Gasteiger partial charge on any atom is -0.406 e. The fourth-order valence-electron chi connectivity index (χ4n) is 1.27. The SMILES string of the molecule is FC(F)(F)Oc1ccc(N2NC(CCl)=CO2)cc1. The summed E-state index contributed by atoms with van der Waals surface area (Å²) >= 11 is 5.58. The van der Waals surface area contributed by atoms with Gasteiger partial charge in [0.05, 0.1) is 17.3 Å². The second-order valence-electron chi connectivity index (χ2n) is 3.33. The van der Waals surface area contributed by atoms with E-state index < -0.39 is 6.36 Å². The molecular weight excluding hydrogens is 273 g/mol. The lowest BCUT2D eigenvalue weighted by molar-refractivity contribution is -0.274. The molecule has 0 atom stereocenters. The molecule has 4 nitrogen and oxygen atoms in total. The van der Waals surface area contributed by atoms with E-state index in [9.17, 15) is 13.2 Å². The minimum atomic E-state index is -4.70. The Morgan fingerprint density at radius 1 is 1.28 bits per heavy atom. The van der Waals surface area contributed by atoms with Gasteiger partial charge < -0.3 is 9.57 Å². The van der Waals surface area contributed by atoms with Gasteiger partial charge in [-0.05, 0) is 24.3 Å². The van der Waals surface area contributed by atoms with Gasteiger partial charge in [0.1, 0.15) is 12.0 Å². The zero-order chi connectivity index (χ0) is 13.2. The molecule has 1 aliphatic heterocycles. The van der Waals surface area contributed by atoms with Crippen LogP contribution in [0.3, 0.4) is 0 Å². The van der Waals surface area contributed by atoms with Crippen LogP contribution in [0.4, 0.5) is 18.9 Å². The number of rotatable bonds is 3. The van der Waals surface area contributed by atoms with E-state index in [0.29, 0.717) is 11.4 Å². The molecule has 0 bridgehead atoms. The van der Waals surface area contributed by atoms with Crippen LogP contribution in [0.2, 0.25) is 0 Å².